The second-order valence-corrected chi connectivity index (χ2v) is 8.76. The van der Waals surface area contributed by atoms with E-state index in [9.17, 15) is 14.4 Å². The van der Waals surface area contributed by atoms with Crippen molar-refractivity contribution in [2.75, 3.05) is 26.8 Å². The summed E-state index contributed by atoms with van der Waals surface area (Å²) in [5, 5.41) is 5.81. The Morgan fingerprint density at radius 1 is 1.11 bits per heavy atom. The van der Waals surface area contributed by atoms with Crippen LogP contribution in [0.3, 0.4) is 0 Å². The van der Waals surface area contributed by atoms with Crippen LogP contribution >= 0.6 is 0 Å². The minimum absolute atomic E-state index is 0.188. The SMILES string of the molecule is COc1ccc2cc1OCC(=O)NCc1ccc(cc1)O[C@H]1CN(C(=O)c3cccnc3)C[C@@H]1NC2=O. The van der Waals surface area contributed by atoms with Gasteiger partial charge in [-0.15, -0.1) is 0 Å². The van der Waals surface area contributed by atoms with Gasteiger partial charge in [0.2, 0.25) is 0 Å². The molecule has 0 radical (unpaired) electrons. The number of amides is 3. The summed E-state index contributed by atoms with van der Waals surface area (Å²) in [5.41, 5.74) is 1.67. The Hall–Kier alpha value is -4.60. The molecule has 190 valence electrons. The van der Waals surface area contributed by atoms with E-state index in [0.717, 1.165) is 5.56 Å². The van der Waals surface area contributed by atoms with Crippen molar-refractivity contribution >= 4 is 17.7 Å². The second kappa shape index (κ2) is 10.6. The van der Waals surface area contributed by atoms with Gasteiger partial charge in [-0.1, -0.05) is 12.1 Å². The maximum atomic E-state index is 13.2. The van der Waals surface area contributed by atoms with E-state index < -0.39 is 12.1 Å². The molecule has 37 heavy (non-hydrogen) atoms. The monoisotopic (exact) mass is 502 g/mol. The summed E-state index contributed by atoms with van der Waals surface area (Å²) in [5.74, 6) is 0.389. The number of ether oxygens (including phenoxy) is 3. The van der Waals surface area contributed by atoms with Gasteiger partial charge in [-0.25, -0.2) is 0 Å². The standard InChI is InChI=1S/C27H26N4O6/c1-35-22-9-6-18-11-23(22)36-16-25(32)29-12-17-4-7-20(8-5-17)37-24-15-31(14-21(24)30-26(18)33)27(34)19-3-2-10-28-13-19/h2-11,13,21,24H,12,14-16H2,1H3,(H,29,32)(H,30,33)/t21-,24-/m0/s1. The predicted molar refractivity (Wildman–Crippen MR) is 133 cm³/mol. The van der Waals surface area contributed by atoms with Crippen LogP contribution < -0.4 is 24.8 Å². The largest absolute Gasteiger partial charge is 0.493 e. The first-order chi connectivity index (χ1) is 18.0. The van der Waals surface area contributed by atoms with Crippen molar-refractivity contribution in [1.82, 2.24) is 20.5 Å². The number of carbonyl (C=O) groups is 3. The van der Waals surface area contributed by atoms with Crippen LogP contribution in [0.5, 0.6) is 17.2 Å². The number of fused-ring (bicyclic) bond motifs is 7. The molecule has 10 nitrogen and oxygen atoms in total. The fourth-order valence-corrected chi connectivity index (χ4v) is 4.31. The van der Waals surface area contributed by atoms with E-state index in [-0.39, 0.29) is 43.2 Å². The van der Waals surface area contributed by atoms with Crippen molar-refractivity contribution in [2.24, 2.45) is 0 Å². The van der Waals surface area contributed by atoms with Crippen molar-refractivity contribution in [3.8, 4) is 17.2 Å². The molecule has 0 saturated carbocycles. The lowest BCUT2D eigenvalue weighted by molar-refractivity contribution is -0.123. The van der Waals surface area contributed by atoms with Gasteiger partial charge in [0, 0.05) is 31.0 Å². The Morgan fingerprint density at radius 3 is 2.70 bits per heavy atom. The molecule has 1 saturated heterocycles. The molecule has 4 heterocycles. The van der Waals surface area contributed by atoms with Gasteiger partial charge < -0.3 is 29.7 Å². The zero-order chi connectivity index (χ0) is 25.8. The van der Waals surface area contributed by atoms with Crippen LogP contribution in [0.1, 0.15) is 26.3 Å². The van der Waals surface area contributed by atoms with Crippen LogP contribution in [0, 0.1) is 0 Å². The number of pyridine rings is 1. The molecular weight excluding hydrogens is 476 g/mol. The molecule has 3 aliphatic heterocycles. The lowest BCUT2D eigenvalue weighted by Gasteiger charge is -2.21. The summed E-state index contributed by atoms with van der Waals surface area (Å²) in [6.07, 6.45) is 2.64. The summed E-state index contributed by atoms with van der Waals surface area (Å²) in [6.45, 7) is 0.630. The highest BCUT2D eigenvalue weighted by Gasteiger charge is 2.38. The van der Waals surface area contributed by atoms with Crippen LogP contribution in [-0.2, 0) is 11.3 Å². The summed E-state index contributed by atoms with van der Waals surface area (Å²) in [4.78, 5) is 44.3. The number of rotatable bonds is 2. The average molecular weight is 503 g/mol. The normalized spacial score (nSPS) is 19.5. The van der Waals surface area contributed by atoms with E-state index in [0.29, 0.717) is 29.2 Å². The van der Waals surface area contributed by atoms with Crippen LogP contribution in [0.4, 0.5) is 0 Å². The van der Waals surface area contributed by atoms with Crippen molar-refractivity contribution in [3.05, 3.63) is 83.7 Å². The molecule has 10 heteroatoms. The molecular formula is C27H26N4O6. The van der Waals surface area contributed by atoms with Crippen LogP contribution in [0.2, 0.25) is 0 Å². The van der Waals surface area contributed by atoms with Gasteiger partial charge in [0.15, 0.2) is 18.1 Å². The van der Waals surface area contributed by atoms with Gasteiger partial charge in [0.1, 0.15) is 11.9 Å². The first kappa shape index (κ1) is 24.1. The minimum atomic E-state index is -0.486. The minimum Gasteiger partial charge on any atom is -0.493 e. The molecule has 4 bridgehead atoms. The second-order valence-electron chi connectivity index (χ2n) is 8.76. The van der Waals surface area contributed by atoms with Crippen molar-refractivity contribution < 1.29 is 28.6 Å². The van der Waals surface area contributed by atoms with E-state index in [1.165, 1.54) is 19.4 Å². The summed E-state index contributed by atoms with van der Waals surface area (Å²) in [7, 11) is 1.48. The quantitative estimate of drug-likeness (QED) is 0.549. The van der Waals surface area contributed by atoms with E-state index in [2.05, 4.69) is 15.6 Å². The molecule has 3 amide bonds. The molecule has 1 fully saturated rings. The molecule has 2 N–H and O–H groups in total. The van der Waals surface area contributed by atoms with Crippen molar-refractivity contribution in [3.63, 3.8) is 0 Å². The topological polar surface area (TPSA) is 119 Å². The molecule has 3 aromatic rings. The van der Waals surface area contributed by atoms with Gasteiger partial charge in [0.05, 0.1) is 25.3 Å². The molecule has 1 aromatic heterocycles. The number of carbonyl (C=O) groups excluding carboxylic acids is 3. The van der Waals surface area contributed by atoms with Crippen LogP contribution in [-0.4, -0.2) is 66.6 Å². The number of methoxy groups -OCH3 is 1. The number of nitrogens with one attached hydrogen (secondary N) is 2. The number of likely N-dealkylation sites (tertiary alicyclic amines) is 1. The van der Waals surface area contributed by atoms with Crippen molar-refractivity contribution in [2.45, 2.75) is 18.7 Å². The van der Waals surface area contributed by atoms with E-state index in [4.69, 9.17) is 14.2 Å². The molecule has 3 aliphatic rings. The molecule has 6 rings (SSSR count). The highest BCUT2D eigenvalue weighted by molar-refractivity contribution is 5.96. The lowest BCUT2D eigenvalue weighted by atomic mass is 10.1. The summed E-state index contributed by atoms with van der Waals surface area (Å²) in [6, 6.07) is 15.0. The van der Waals surface area contributed by atoms with Crippen LogP contribution in [0.15, 0.2) is 67.0 Å². The van der Waals surface area contributed by atoms with Gasteiger partial charge >= 0.3 is 0 Å². The Labute approximate surface area is 213 Å². The van der Waals surface area contributed by atoms with E-state index in [1.54, 1.807) is 47.5 Å². The number of hydrogen-bond donors (Lipinski definition) is 2. The first-order valence-electron chi connectivity index (χ1n) is 11.8. The van der Waals surface area contributed by atoms with E-state index >= 15 is 0 Å². The Kier molecular flexibility index (Phi) is 6.89. The molecule has 2 atom stereocenters. The highest BCUT2D eigenvalue weighted by Crippen LogP contribution is 2.29. The fourth-order valence-electron chi connectivity index (χ4n) is 4.31. The highest BCUT2D eigenvalue weighted by atomic mass is 16.5. The molecule has 0 unspecified atom stereocenters. The molecule has 0 spiro atoms. The average Bonchev–Trinajstić information content (AvgIpc) is 3.32. The van der Waals surface area contributed by atoms with Gasteiger partial charge in [0.25, 0.3) is 17.7 Å². The third-order valence-corrected chi connectivity index (χ3v) is 6.26. The number of aromatic nitrogens is 1. The maximum Gasteiger partial charge on any atom is 0.258 e. The van der Waals surface area contributed by atoms with Gasteiger partial charge in [-0.05, 0) is 48.0 Å². The van der Waals surface area contributed by atoms with Gasteiger partial charge in [-0.2, -0.15) is 0 Å². The zero-order valence-electron chi connectivity index (χ0n) is 20.2. The summed E-state index contributed by atoms with van der Waals surface area (Å²) < 4.78 is 17.2. The Balaban J connectivity index is 1.45. The van der Waals surface area contributed by atoms with Crippen molar-refractivity contribution in [1.29, 1.82) is 0 Å². The number of nitrogens with zero attached hydrogens (tertiary/aromatic N) is 2. The number of hydrogen-bond acceptors (Lipinski definition) is 7. The lowest BCUT2D eigenvalue weighted by Crippen LogP contribution is -2.45. The molecule has 2 aromatic carbocycles. The maximum absolute atomic E-state index is 13.2. The smallest absolute Gasteiger partial charge is 0.258 e. The predicted octanol–water partition coefficient (Wildman–Crippen LogP) is 1.80. The Morgan fingerprint density at radius 2 is 1.95 bits per heavy atom. The van der Waals surface area contributed by atoms with Crippen LogP contribution in [0.25, 0.3) is 0 Å². The summed E-state index contributed by atoms with van der Waals surface area (Å²) >= 11 is 0. The Bertz CT molecular complexity index is 1300. The fraction of sp³-hybridized carbons (Fsp3) is 0.259. The molecule has 0 aliphatic carbocycles. The third-order valence-electron chi connectivity index (χ3n) is 6.26. The van der Waals surface area contributed by atoms with E-state index in [1.807, 2.05) is 12.1 Å². The first-order valence-corrected chi connectivity index (χ1v) is 11.8. The third kappa shape index (κ3) is 5.48. The zero-order valence-corrected chi connectivity index (χ0v) is 20.2. The number of benzene rings is 2. The van der Waals surface area contributed by atoms with Gasteiger partial charge in [-0.3, -0.25) is 19.4 Å².